The maximum absolute atomic E-state index is 12.5. The molecule has 0 radical (unpaired) electrons. The monoisotopic (exact) mass is 281 g/mol. The number of carbonyl (C=O) groups excluding carboxylic acids is 1. The van der Waals surface area contributed by atoms with Crippen LogP contribution < -0.4 is 0 Å². The summed E-state index contributed by atoms with van der Waals surface area (Å²) in [6, 6.07) is 6.73. The van der Waals surface area contributed by atoms with Crippen LogP contribution in [0.15, 0.2) is 24.3 Å². The Labute approximate surface area is 117 Å². The van der Waals surface area contributed by atoms with E-state index < -0.39 is 11.5 Å². The molecule has 102 valence electrons. The molecule has 4 nitrogen and oxygen atoms in total. The molecule has 1 atom stereocenters. The van der Waals surface area contributed by atoms with Gasteiger partial charge in [0.1, 0.15) is 5.54 Å². The number of benzene rings is 1. The average molecular weight is 282 g/mol. The Kier molecular flexibility index (Phi) is 3.80. The number of carboxylic acid groups (broad SMARTS) is 1. The van der Waals surface area contributed by atoms with Gasteiger partial charge in [-0.3, -0.25) is 4.79 Å². The van der Waals surface area contributed by atoms with Gasteiger partial charge in [-0.1, -0.05) is 23.7 Å². The van der Waals surface area contributed by atoms with Gasteiger partial charge in [-0.05, 0) is 38.3 Å². The Bertz CT molecular complexity index is 517. The number of carbonyl (C=O) groups is 2. The summed E-state index contributed by atoms with van der Waals surface area (Å²) in [5, 5.41) is 9.76. The molecular weight excluding hydrogens is 266 g/mol. The van der Waals surface area contributed by atoms with Crippen molar-refractivity contribution in [2.24, 2.45) is 0 Å². The van der Waals surface area contributed by atoms with Gasteiger partial charge in [0.15, 0.2) is 0 Å². The van der Waals surface area contributed by atoms with Gasteiger partial charge in [-0.15, -0.1) is 0 Å². The Hall–Kier alpha value is -1.55. The van der Waals surface area contributed by atoms with Crippen molar-refractivity contribution in [3.05, 3.63) is 34.9 Å². The highest BCUT2D eigenvalue weighted by atomic mass is 35.5. The van der Waals surface area contributed by atoms with Gasteiger partial charge in [0, 0.05) is 6.54 Å². The standard InChI is InChI=1S/C14H16ClNO3/c1-14(13(18)19)8-4-5-9-16(14)12(17)10-6-2-3-7-11(10)15/h2-3,6-7H,4-5,8-9H2,1H3,(H,18,19). The molecule has 1 aliphatic rings. The van der Waals surface area contributed by atoms with E-state index in [0.29, 0.717) is 23.6 Å². The van der Waals surface area contributed by atoms with Crippen molar-refractivity contribution in [1.29, 1.82) is 0 Å². The van der Waals surface area contributed by atoms with E-state index in [2.05, 4.69) is 0 Å². The van der Waals surface area contributed by atoms with Gasteiger partial charge >= 0.3 is 5.97 Å². The number of hydrogen-bond donors (Lipinski definition) is 1. The fraction of sp³-hybridized carbons (Fsp3) is 0.429. The van der Waals surface area contributed by atoms with E-state index in [1.807, 2.05) is 0 Å². The Morgan fingerprint density at radius 2 is 2.00 bits per heavy atom. The topological polar surface area (TPSA) is 57.6 Å². The molecular formula is C14H16ClNO3. The number of amides is 1. The molecule has 1 unspecified atom stereocenters. The lowest BCUT2D eigenvalue weighted by molar-refractivity contribution is -0.150. The molecule has 1 N–H and O–H groups in total. The maximum atomic E-state index is 12.5. The lowest BCUT2D eigenvalue weighted by Crippen LogP contribution is -2.57. The molecule has 1 fully saturated rings. The summed E-state index contributed by atoms with van der Waals surface area (Å²) in [5.41, 5.74) is -0.785. The van der Waals surface area contributed by atoms with Gasteiger partial charge in [0.05, 0.1) is 10.6 Å². The number of likely N-dealkylation sites (tertiary alicyclic amines) is 1. The van der Waals surface area contributed by atoms with E-state index in [4.69, 9.17) is 11.6 Å². The van der Waals surface area contributed by atoms with Crippen molar-refractivity contribution < 1.29 is 14.7 Å². The van der Waals surface area contributed by atoms with E-state index in [1.54, 1.807) is 31.2 Å². The Morgan fingerprint density at radius 3 is 2.63 bits per heavy atom. The van der Waals surface area contributed by atoms with Crippen molar-refractivity contribution in [2.45, 2.75) is 31.7 Å². The quantitative estimate of drug-likeness (QED) is 0.907. The number of hydrogen-bond acceptors (Lipinski definition) is 2. The number of rotatable bonds is 2. The number of piperidine rings is 1. The number of halogens is 1. The van der Waals surface area contributed by atoms with E-state index in [-0.39, 0.29) is 5.91 Å². The third-order valence-electron chi connectivity index (χ3n) is 3.70. The van der Waals surface area contributed by atoms with Crippen molar-refractivity contribution >= 4 is 23.5 Å². The second-order valence-corrected chi connectivity index (χ2v) is 5.38. The molecule has 0 aliphatic carbocycles. The lowest BCUT2D eigenvalue weighted by Gasteiger charge is -2.41. The lowest BCUT2D eigenvalue weighted by atomic mass is 9.88. The first-order valence-corrected chi connectivity index (χ1v) is 6.64. The molecule has 1 amide bonds. The van der Waals surface area contributed by atoms with Gasteiger partial charge in [0.25, 0.3) is 5.91 Å². The molecule has 1 aliphatic heterocycles. The Morgan fingerprint density at radius 1 is 1.32 bits per heavy atom. The predicted octanol–water partition coefficient (Wildman–Crippen LogP) is 2.81. The summed E-state index contributed by atoms with van der Waals surface area (Å²) in [7, 11) is 0. The number of carboxylic acids is 1. The third kappa shape index (κ3) is 2.45. The van der Waals surface area contributed by atoms with Crippen LogP contribution in [-0.4, -0.2) is 34.0 Å². The van der Waals surface area contributed by atoms with Crippen LogP contribution in [0.4, 0.5) is 0 Å². The van der Waals surface area contributed by atoms with Crippen LogP contribution in [0.25, 0.3) is 0 Å². The molecule has 1 heterocycles. The number of nitrogens with zero attached hydrogens (tertiary/aromatic N) is 1. The fourth-order valence-electron chi connectivity index (χ4n) is 2.45. The fourth-order valence-corrected chi connectivity index (χ4v) is 2.67. The van der Waals surface area contributed by atoms with Crippen molar-refractivity contribution in [3.63, 3.8) is 0 Å². The zero-order valence-corrected chi connectivity index (χ0v) is 11.5. The first-order valence-electron chi connectivity index (χ1n) is 6.27. The van der Waals surface area contributed by atoms with E-state index in [0.717, 1.165) is 12.8 Å². The van der Waals surface area contributed by atoms with Gasteiger partial charge in [0.2, 0.25) is 0 Å². The second-order valence-electron chi connectivity index (χ2n) is 4.97. The first kappa shape index (κ1) is 13.9. The van der Waals surface area contributed by atoms with Gasteiger partial charge in [-0.2, -0.15) is 0 Å². The van der Waals surface area contributed by atoms with Crippen LogP contribution in [0.2, 0.25) is 5.02 Å². The molecule has 19 heavy (non-hydrogen) atoms. The first-order chi connectivity index (χ1) is 8.97. The molecule has 0 aromatic heterocycles. The highest BCUT2D eigenvalue weighted by Gasteiger charge is 2.44. The highest BCUT2D eigenvalue weighted by molar-refractivity contribution is 6.33. The third-order valence-corrected chi connectivity index (χ3v) is 4.03. The maximum Gasteiger partial charge on any atom is 0.329 e. The minimum atomic E-state index is -1.14. The van der Waals surface area contributed by atoms with E-state index in [9.17, 15) is 14.7 Å². The van der Waals surface area contributed by atoms with Crippen LogP contribution in [-0.2, 0) is 4.79 Å². The second kappa shape index (κ2) is 5.21. The predicted molar refractivity (Wildman–Crippen MR) is 72.4 cm³/mol. The summed E-state index contributed by atoms with van der Waals surface area (Å²) in [4.78, 5) is 25.4. The van der Waals surface area contributed by atoms with Crippen LogP contribution in [0.5, 0.6) is 0 Å². The molecule has 1 saturated heterocycles. The molecule has 2 rings (SSSR count). The summed E-state index contributed by atoms with van der Waals surface area (Å²) in [6.45, 7) is 2.05. The Balaban J connectivity index is 2.36. The minimum absolute atomic E-state index is 0.310. The summed E-state index contributed by atoms with van der Waals surface area (Å²) in [6.07, 6.45) is 2.10. The highest BCUT2D eigenvalue weighted by Crippen LogP contribution is 2.31. The minimum Gasteiger partial charge on any atom is -0.480 e. The van der Waals surface area contributed by atoms with E-state index >= 15 is 0 Å². The molecule has 1 aromatic rings. The van der Waals surface area contributed by atoms with E-state index in [1.165, 1.54) is 4.90 Å². The molecule has 1 aromatic carbocycles. The van der Waals surface area contributed by atoms with Crippen molar-refractivity contribution in [1.82, 2.24) is 4.90 Å². The molecule has 0 saturated carbocycles. The van der Waals surface area contributed by atoms with Crippen LogP contribution in [0, 0.1) is 0 Å². The molecule has 0 spiro atoms. The zero-order valence-electron chi connectivity index (χ0n) is 10.7. The summed E-state index contributed by atoms with van der Waals surface area (Å²) in [5.74, 6) is -1.28. The molecule has 5 heteroatoms. The largest absolute Gasteiger partial charge is 0.480 e. The normalized spacial score (nSPS) is 23.2. The summed E-state index contributed by atoms with van der Waals surface area (Å²) >= 11 is 6.02. The average Bonchev–Trinajstić information content (AvgIpc) is 2.39. The van der Waals surface area contributed by atoms with Crippen molar-refractivity contribution in [3.8, 4) is 0 Å². The summed E-state index contributed by atoms with van der Waals surface area (Å²) < 4.78 is 0. The van der Waals surface area contributed by atoms with Crippen LogP contribution in [0.3, 0.4) is 0 Å². The van der Waals surface area contributed by atoms with Gasteiger partial charge in [-0.25, -0.2) is 4.79 Å². The van der Waals surface area contributed by atoms with Crippen molar-refractivity contribution in [2.75, 3.05) is 6.54 Å². The molecule has 0 bridgehead atoms. The van der Waals surface area contributed by atoms with Crippen LogP contribution >= 0.6 is 11.6 Å². The van der Waals surface area contributed by atoms with Crippen LogP contribution in [0.1, 0.15) is 36.5 Å². The smallest absolute Gasteiger partial charge is 0.329 e. The zero-order chi connectivity index (χ0) is 14.0. The SMILES string of the molecule is CC1(C(=O)O)CCCCN1C(=O)c1ccccc1Cl. The van der Waals surface area contributed by atoms with Gasteiger partial charge < -0.3 is 10.0 Å². The number of aliphatic carboxylic acids is 1.